The second kappa shape index (κ2) is 9.40. The Morgan fingerprint density at radius 3 is 2.34 bits per heavy atom. The Balaban J connectivity index is 2.47. The maximum absolute atomic E-state index is 14.4. The summed E-state index contributed by atoms with van der Waals surface area (Å²) in [6.07, 6.45) is 0. The largest absolute Gasteiger partial charge is 0.466 e. The maximum atomic E-state index is 14.4. The van der Waals surface area contributed by atoms with Gasteiger partial charge in [0.25, 0.3) is 0 Å². The number of carbonyl (C=O) groups excluding carboxylic acids is 2. The number of methoxy groups -OCH3 is 2. The van der Waals surface area contributed by atoms with Crippen LogP contribution >= 0.6 is 22.6 Å². The molecule has 7 nitrogen and oxygen atoms in total. The van der Waals surface area contributed by atoms with E-state index in [0.29, 0.717) is 14.7 Å². The maximum Gasteiger partial charge on any atom is 0.355 e. The summed E-state index contributed by atoms with van der Waals surface area (Å²) in [5.41, 5.74) is 7.39. The number of hydrogen-bond acceptors (Lipinski definition) is 7. The predicted molar refractivity (Wildman–Crippen MR) is 123 cm³/mol. The number of ether oxygens (including phenoxy) is 2. The summed E-state index contributed by atoms with van der Waals surface area (Å²) in [7, 11) is 2.32. The molecule has 0 saturated heterocycles. The monoisotopic (exact) mass is 547 g/mol. The van der Waals surface area contributed by atoms with E-state index in [9.17, 15) is 19.2 Å². The van der Waals surface area contributed by atoms with E-state index in [0.717, 1.165) is 7.11 Å². The third-order valence-electron chi connectivity index (χ3n) is 5.05. The first-order valence-corrected chi connectivity index (χ1v) is 10.5. The zero-order valence-electron chi connectivity index (χ0n) is 17.5. The van der Waals surface area contributed by atoms with Crippen LogP contribution in [0.4, 0.5) is 10.1 Å². The minimum Gasteiger partial charge on any atom is -0.466 e. The van der Waals surface area contributed by atoms with E-state index in [-0.39, 0.29) is 28.4 Å². The minimum absolute atomic E-state index is 0.0157. The Morgan fingerprint density at radius 1 is 1.16 bits per heavy atom. The molecule has 0 fully saturated rings. The van der Waals surface area contributed by atoms with Crippen molar-refractivity contribution in [2.24, 2.45) is 5.73 Å². The van der Waals surface area contributed by atoms with Crippen LogP contribution in [0.25, 0.3) is 0 Å². The number of anilines is 1. The fourth-order valence-corrected chi connectivity index (χ4v) is 4.19. The van der Waals surface area contributed by atoms with Crippen molar-refractivity contribution >= 4 is 40.2 Å². The molecule has 0 aromatic heterocycles. The highest BCUT2D eigenvalue weighted by Gasteiger charge is 2.43. The third-order valence-corrected chi connectivity index (χ3v) is 6.45. The fourth-order valence-electron chi connectivity index (χ4n) is 3.63. The first-order valence-electron chi connectivity index (χ1n) is 9.38. The number of aryl methyl sites for hydroxylation is 1. The summed E-state index contributed by atoms with van der Waals surface area (Å²) >= 11 is 1.99. The number of nitrogens with two attached hydrogens (primary N) is 1. The van der Waals surface area contributed by atoms with Crippen LogP contribution in [-0.2, 0) is 19.1 Å². The molecule has 3 rings (SSSR count). The van der Waals surface area contributed by atoms with E-state index in [1.54, 1.807) is 37.3 Å². The summed E-state index contributed by atoms with van der Waals surface area (Å²) in [6, 6.07) is 13.2. The number of carbonyl (C=O) groups is 2. The van der Waals surface area contributed by atoms with Gasteiger partial charge in [0.1, 0.15) is 17.3 Å². The Bertz CT molecular complexity index is 1200. The van der Waals surface area contributed by atoms with Crippen LogP contribution in [0.2, 0.25) is 0 Å². The quantitative estimate of drug-likeness (QED) is 0.461. The molecule has 32 heavy (non-hydrogen) atoms. The molecule has 0 amide bonds. The van der Waals surface area contributed by atoms with E-state index in [1.165, 1.54) is 24.1 Å². The van der Waals surface area contributed by atoms with E-state index in [4.69, 9.17) is 15.2 Å². The van der Waals surface area contributed by atoms with Crippen molar-refractivity contribution in [3.8, 4) is 6.07 Å². The summed E-state index contributed by atoms with van der Waals surface area (Å²) in [5.74, 6) is -3.39. The Hall–Kier alpha value is -3.39. The van der Waals surface area contributed by atoms with Gasteiger partial charge in [0.2, 0.25) is 0 Å². The second-order valence-corrected chi connectivity index (χ2v) is 7.97. The highest BCUT2D eigenvalue weighted by atomic mass is 127. The lowest BCUT2D eigenvalue weighted by molar-refractivity contribution is -0.139. The molecule has 164 valence electrons. The summed E-state index contributed by atoms with van der Waals surface area (Å²) in [4.78, 5) is 27.2. The minimum atomic E-state index is -0.980. The molecular weight excluding hydrogens is 528 g/mol. The molecule has 1 atom stereocenters. The van der Waals surface area contributed by atoms with Crippen molar-refractivity contribution in [2.45, 2.75) is 12.8 Å². The van der Waals surface area contributed by atoms with Gasteiger partial charge in [-0.25, -0.2) is 14.0 Å². The summed E-state index contributed by atoms with van der Waals surface area (Å²) in [6.45, 7) is 1.69. The number of nitrogens with zero attached hydrogens (tertiary/aromatic N) is 2. The SMILES string of the molecule is COC(=O)C1=C(C(=O)OC)N(c2cc(F)cc(C)c2I)C(N)=C(C#N)C1c1ccccc1. The average molecular weight is 547 g/mol. The van der Waals surface area contributed by atoms with Gasteiger partial charge in [-0.15, -0.1) is 0 Å². The molecule has 0 radical (unpaired) electrons. The second-order valence-electron chi connectivity index (χ2n) is 6.89. The topological polar surface area (TPSA) is 106 Å². The zero-order chi connectivity index (χ0) is 23.6. The first-order chi connectivity index (χ1) is 15.3. The number of benzene rings is 2. The molecule has 2 aromatic rings. The molecule has 9 heteroatoms. The lowest BCUT2D eigenvalue weighted by atomic mass is 9.81. The van der Waals surface area contributed by atoms with Gasteiger partial charge in [0, 0.05) is 3.57 Å². The Labute approximate surface area is 198 Å². The van der Waals surface area contributed by atoms with Crippen LogP contribution < -0.4 is 10.6 Å². The molecule has 0 bridgehead atoms. The van der Waals surface area contributed by atoms with Crippen molar-refractivity contribution in [2.75, 3.05) is 19.1 Å². The van der Waals surface area contributed by atoms with Gasteiger partial charge in [-0.05, 0) is 52.8 Å². The third kappa shape index (κ3) is 3.93. The highest BCUT2D eigenvalue weighted by Crippen LogP contribution is 2.44. The Morgan fingerprint density at radius 2 is 1.78 bits per heavy atom. The first kappa shape index (κ1) is 23.3. The van der Waals surface area contributed by atoms with E-state index in [2.05, 4.69) is 6.07 Å². The number of allylic oxidation sites excluding steroid dienone is 1. The van der Waals surface area contributed by atoms with Gasteiger partial charge >= 0.3 is 11.9 Å². The number of nitriles is 1. The van der Waals surface area contributed by atoms with Crippen molar-refractivity contribution in [1.29, 1.82) is 5.26 Å². The molecule has 0 saturated carbocycles. The fraction of sp³-hybridized carbons (Fsp3) is 0.174. The van der Waals surface area contributed by atoms with Gasteiger partial charge < -0.3 is 15.2 Å². The van der Waals surface area contributed by atoms with Gasteiger partial charge in [-0.1, -0.05) is 30.3 Å². The zero-order valence-corrected chi connectivity index (χ0v) is 19.6. The number of hydrogen-bond donors (Lipinski definition) is 1. The van der Waals surface area contributed by atoms with Crippen molar-refractivity contribution in [3.05, 3.63) is 85.6 Å². The number of halogens is 2. The van der Waals surface area contributed by atoms with E-state index < -0.39 is 23.7 Å². The van der Waals surface area contributed by atoms with Gasteiger partial charge in [0.05, 0.1) is 43.0 Å². The molecule has 1 unspecified atom stereocenters. The van der Waals surface area contributed by atoms with Crippen molar-refractivity contribution in [1.82, 2.24) is 0 Å². The van der Waals surface area contributed by atoms with Crippen LogP contribution in [0, 0.1) is 27.6 Å². The van der Waals surface area contributed by atoms with Gasteiger partial charge in [-0.3, -0.25) is 4.90 Å². The van der Waals surface area contributed by atoms with Crippen molar-refractivity contribution in [3.63, 3.8) is 0 Å². The van der Waals surface area contributed by atoms with E-state index in [1.807, 2.05) is 22.6 Å². The summed E-state index contributed by atoms with van der Waals surface area (Å²) in [5, 5.41) is 10.0. The van der Waals surface area contributed by atoms with Crippen LogP contribution in [0.1, 0.15) is 17.0 Å². The standard InChI is InChI=1S/C23H19FIN3O4/c1-12-9-14(24)10-16(19(12)25)28-20(23(30)32-3)18(22(29)31-2)17(15(11-26)21(28)27)13-7-5-4-6-8-13/h4-10,17H,27H2,1-3H3. The predicted octanol–water partition coefficient (Wildman–Crippen LogP) is 3.64. The molecule has 1 aliphatic rings. The molecule has 1 aliphatic heterocycles. The number of rotatable bonds is 4. The average Bonchev–Trinajstić information content (AvgIpc) is 2.80. The molecule has 2 aromatic carbocycles. The van der Waals surface area contributed by atoms with Crippen LogP contribution in [0.5, 0.6) is 0 Å². The summed E-state index contributed by atoms with van der Waals surface area (Å²) < 4.78 is 24.9. The lowest BCUT2D eigenvalue weighted by Crippen LogP contribution is -2.41. The molecule has 0 spiro atoms. The van der Waals surface area contributed by atoms with Crippen LogP contribution in [-0.4, -0.2) is 26.2 Å². The molecule has 2 N–H and O–H groups in total. The van der Waals surface area contributed by atoms with Gasteiger partial charge in [-0.2, -0.15) is 5.26 Å². The molecule has 1 heterocycles. The lowest BCUT2D eigenvalue weighted by Gasteiger charge is -2.36. The van der Waals surface area contributed by atoms with Gasteiger partial charge in [0.15, 0.2) is 0 Å². The van der Waals surface area contributed by atoms with E-state index >= 15 is 0 Å². The Kier molecular flexibility index (Phi) is 6.84. The molecular formula is C23H19FIN3O4. The highest BCUT2D eigenvalue weighted by molar-refractivity contribution is 14.1. The van der Waals surface area contributed by atoms with Crippen molar-refractivity contribution < 1.29 is 23.5 Å². The van der Waals surface area contributed by atoms with Crippen LogP contribution in [0.3, 0.4) is 0 Å². The number of esters is 2. The van der Waals surface area contributed by atoms with Crippen LogP contribution in [0.15, 0.2) is 65.1 Å². The normalized spacial score (nSPS) is 16.0. The molecule has 0 aliphatic carbocycles. The smallest absolute Gasteiger partial charge is 0.355 e.